The van der Waals surface area contributed by atoms with Crippen LogP contribution in [0.5, 0.6) is 0 Å². The van der Waals surface area contributed by atoms with Gasteiger partial charge >= 0.3 is 0 Å². The van der Waals surface area contributed by atoms with Crippen LogP contribution in [0.1, 0.15) is 12.8 Å². The molecule has 0 spiro atoms. The first kappa shape index (κ1) is 14.6. The lowest BCUT2D eigenvalue weighted by molar-refractivity contribution is -0.141. The number of carbonyl (C=O) groups is 3. The number of likely N-dealkylation sites (tertiary alicyclic amines) is 1. The lowest BCUT2D eigenvalue weighted by Gasteiger charge is -2.15. The third-order valence-electron chi connectivity index (χ3n) is 2.81. The highest BCUT2D eigenvalue weighted by molar-refractivity contribution is 6.37. The molecule has 0 saturated carbocycles. The number of halogens is 2. The van der Waals surface area contributed by atoms with Crippen molar-refractivity contribution in [3.8, 4) is 0 Å². The Morgan fingerprint density at radius 3 is 2.40 bits per heavy atom. The molecule has 0 aromatic heterocycles. The number of hydrogen-bond acceptors (Lipinski definition) is 4. The van der Waals surface area contributed by atoms with Gasteiger partial charge in [-0.15, -0.1) is 0 Å². The molecule has 3 N–H and O–H groups in total. The standard InChI is InChI=1S/C12H11Cl2N3O3/c13-6-3-7(14)12(8(15)4-6)16-9(18)5-17-10(19)1-2-11(17)20/h3-4H,1-2,5,15H2,(H,16,18). The quantitative estimate of drug-likeness (QED) is 0.655. The zero-order valence-electron chi connectivity index (χ0n) is 10.3. The molecule has 8 heteroatoms. The van der Waals surface area contributed by atoms with Crippen molar-refractivity contribution in [1.29, 1.82) is 0 Å². The maximum absolute atomic E-state index is 11.8. The van der Waals surface area contributed by atoms with E-state index in [0.717, 1.165) is 4.90 Å². The van der Waals surface area contributed by atoms with Crippen molar-refractivity contribution in [1.82, 2.24) is 4.90 Å². The summed E-state index contributed by atoms with van der Waals surface area (Å²) in [5.41, 5.74) is 6.11. The van der Waals surface area contributed by atoms with Crippen LogP contribution in [0.25, 0.3) is 0 Å². The van der Waals surface area contributed by atoms with Gasteiger partial charge in [-0.25, -0.2) is 0 Å². The van der Waals surface area contributed by atoms with Gasteiger partial charge in [0.05, 0.1) is 16.4 Å². The molecule has 0 atom stereocenters. The smallest absolute Gasteiger partial charge is 0.244 e. The van der Waals surface area contributed by atoms with Crippen LogP contribution in [-0.4, -0.2) is 29.2 Å². The normalized spacial score (nSPS) is 14.8. The zero-order chi connectivity index (χ0) is 14.9. The van der Waals surface area contributed by atoms with Crippen LogP contribution >= 0.6 is 23.2 Å². The van der Waals surface area contributed by atoms with Gasteiger partial charge in [-0.05, 0) is 12.1 Å². The summed E-state index contributed by atoms with van der Waals surface area (Å²) in [6, 6.07) is 2.87. The van der Waals surface area contributed by atoms with Crippen LogP contribution in [0.15, 0.2) is 12.1 Å². The number of amides is 3. The van der Waals surface area contributed by atoms with Crippen molar-refractivity contribution in [2.75, 3.05) is 17.6 Å². The minimum atomic E-state index is -0.551. The third-order valence-corrected chi connectivity index (χ3v) is 3.32. The summed E-state index contributed by atoms with van der Waals surface area (Å²) in [4.78, 5) is 35.6. The molecule has 1 aliphatic rings. The Balaban J connectivity index is 2.09. The van der Waals surface area contributed by atoms with Gasteiger partial charge in [-0.2, -0.15) is 0 Å². The first-order valence-electron chi connectivity index (χ1n) is 5.76. The fourth-order valence-electron chi connectivity index (χ4n) is 1.85. The number of nitrogens with one attached hydrogen (secondary N) is 1. The molecule has 6 nitrogen and oxygen atoms in total. The van der Waals surface area contributed by atoms with E-state index >= 15 is 0 Å². The highest BCUT2D eigenvalue weighted by atomic mass is 35.5. The van der Waals surface area contributed by atoms with Crippen molar-refractivity contribution in [2.45, 2.75) is 12.8 Å². The van der Waals surface area contributed by atoms with E-state index < -0.39 is 5.91 Å². The fraction of sp³-hybridized carbons (Fsp3) is 0.250. The highest BCUT2D eigenvalue weighted by Gasteiger charge is 2.30. The molecular weight excluding hydrogens is 305 g/mol. The van der Waals surface area contributed by atoms with E-state index in [1.807, 2.05) is 0 Å². The number of hydrogen-bond donors (Lipinski definition) is 2. The largest absolute Gasteiger partial charge is 0.397 e. The van der Waals surface area contributed by atoms with Gasteiger partial charge < -0.3 is 11.1 Å². The SMILES string of the molecule is Nc1cc(Cl)cc(Cl)c1NC(=O)CN1C(=O)CCC1=O. The summed E-state index contributed by atoms with van der Waals surface area (Å²) in [6.45, 7) is -0.351. The summed E-state index contributed by atoms with van der Waals surface area (Å²) in [6.07, 6.45) is 0.270. The van der Waals surface area contributed by atoms with Gasteiger partial charge in [0.25, 0.3) is 0 Å². The maximum Gasteiger partial charge on any atom is 0.244 e. The van der Waals surface area contributed by atoms with Gasteiger partial charge in [-0.1, -0.05) is 23.2 Å². The second kappa shape index (κ2) is 5.68. The molecule has 0 radical (unpaired) electrons. The van der Waals surface area contributed by atoms with Crippen LogP contribution in [0.3, 0.4) is 0 Å². The summed E-state index contributed by atoms with van der Waals surface area (Å²) in [7, 11) is 0. The van der Waals surface area contributed by atoms with Crippen LogP contribution in [-0.2, 0) is 14.4 Å². The Morgan fingerprint density at radius 2 is 1.85 bits per heavy atom. The summed E-state index contributed by atoms with van der Waals surface area (Å²) in [5.74, 6) is -1.27. The number of benzene rings is 1. The molecule has 1 aromatic carbocycles. The van der Waals surface area contributed by atoms with Gasteiger partial charge in [0.2, 0.25) is 17.7 Å². The topological polar surface area (TPSA) is 92.5 Å². The first-order chi connectivity index (χ1) is 9.38. The third kappa shape index (κ3) is 3.02. The monoisotopic (exact) mass is 315 g/mol. The van der Waals surface area contributed by atoms with Crippen molar-refractivity contribution in [3.63, 3.8) is 0 Å². The molecule has 106 valence electrons. The number of imide groups is 1. The number of carbonyl (C=O) groups excluding carboxylic acids is 3. The van der Waals surface area contributed by atoms with E-state index in [-0.39, 0.29) is 47.6 Å². The molecule has 1 aliphatic heterocycles. The second-order valence-corrected chi connectivity index (χ2v) is 5.12. The molecule has 3 amide bonds. The van der Waals surface area contributed by atoms with Crippen LogP contribution < -0.4 is 11.1 Å². The number of rotatable bonds is 3. The molecule has 1 heterocycles. The maximum atomic E-state index is 11.8. The number of anilines is 2. The fourth-order valence-corrected chi connectivity index (χ4v) is 2.40. The van der Waals surface area contributed by atoms with Gasteiger partial charge in [0.1, 0.15) is 6.54 Å². The summed E-state index contributed by atoms with van der Waals surface area (Å²) >= 11 is 11.7. The van der Waals surface area contributed by atoms with Crippen molar-refractivity contribution in [2.24, 2.45) is 0 Å². The minimum Gasteiger partial charge on any atom is -0.397 e. The van der Waals surface area contributed by atoms with Crippen molar-refractivity contribution in [3.05, 3.63) is 22.2 Å². The molecular formula is C12H11Cl2N3O3. The molecule has 0 aliphatic carbocycles. The average molecular weight is 316 g/mol. The van der Waals surface area contributed by atoms with E-state index in [1.54, 1.807) is 0 Å². The molecule has 0 bridgehead atoms. The lowest BCUT2D eigenvalue weighted by atomic mass is 10.2. The summed E-state index contributed by atoms with van der Waals surface area (Å²) < 4.78 is 0. The number of nitrogens with two attached hydrogens (primary N) is 1. The molecule has 1 saturated heterocycles. The van der Waals surface area contributed by atoms with E-state index in [2.05, 4.69) is 5.32 Å². The zero-order valence-corrected chi connectivity index (χ0v) is 11.8. The van der Waals surface area contributed by atoms with Crippen molar-refractivity contribution >= 4 is 52.3 Å². The van der Waals surface area contributed by atoms with Gasteiger partial charge in [-0.3, -0.25) is 19.3 Å². The Bertz CT molecular complexity index is 565. The van der Waals surface area contributed by atoms with E-state index in [4.69, 9.17) is 28.9 Å². The van der Waals surface area contributed by atoms with Crippen LogP contribution in [0.2, 0.25) is 10.0 Å². The second-order valence-electron chi connectivity index (χ2n) is 4.27. The van der Waals surface area contributed by atoms with E-state index in [9.17, 15) is 14.4 Å². The van der Waals surface area contributed by atoms with Gasteiger partial charge in [0.15, 0.2) is 0 Å². The Hall–Kier alpha value is -1.79. The van der Waals surface area contributed by atoms with Gasteiger partial charge in [0, 0.05) is 17.9 Å². The Labute approximate surface area is 124 Å². The molecule has 1 aromatic rings. The Morgan fingerprint density at radius 1 is 1.25 bits per heavy atom. The van der Waals surface area contributed by atoms with Crippen LogP contribution in [0, 0.1) is 0 Å². The van der Waals surface area contributed by atoms with Crippen LogP contribution in [0.4, 0.5) is 11.4 Å². The highest BCUT2D eigenvalue weighted by Crippen LogP contribution is 2.32. The van der Waals surface area contributed by atoms with E-state index in [1.165, 1.54) is 12.1 Å². The Kier molecular flexibility index (Phi) is 4.15. The van der Waals surface area contributed by atoms with Crippen molar-refractivity contribution < 1.29 is 14.4 Å². The molecule has 20 heavy (non-hydrogen) atoms. The lowest BCUT2D eigenvalue weighted by Crippen LogP contribution is -2.37. The predicted molar refractivity (Wildman–Crippen MR) is 75.5 cm³/mol. The molecule has 0 unspecified atom stereocenters. The number of nitrogen functional groups attached to an aromatic ring is 1. The molecule has 2 rings (SSSR count). The average Bonchev–Trinajstić information content (AvgIpc) is 2.65. The minimum absolute atomic E-state index is 0.135. The predicted octanol–water partition coefficient (Wildman–Crippen LogP) is 1.66. The molecule has 1 fully saturated rings. The first-order valence-corrected chi connectivity index (χ1v) is 6.51. The summed E-state index contributed by atoms with van der Waals surface area (Å²) in [5, 5.41) is 3.00. The number of nitrogens with zero attached hydrogens (tertiary/aromatic N) is 1. The van der Waals surface area contributed by atoms with E-state index in [0.29, 0.717) is 5.02 Å².